The molecule has 0 atom stereocenters. The van der Waals surface area contributed by atoms with Crippen LogP contribution in [0.5, 0.6) is 0 Å². The van der Waals surface area contributed by atoms with Crippen molar-refractivity contribution in [2.45, 2.75) is 38.5 Å². The van der Waals surface area contributed by atoms with Gasteiger partial charge in [0.1, 0.15) is 0 Å². The minimum absolute atomic E-state index is 0.176. The number of hydrogen-bond donors (Lipinski definition) is 0. The summed E-state index contributed by atoms with van der Waals surface area (Å²) in [5.41, 5.74) is 1.92. The van der Waals surface area contributed by atoms with Crippen LogP contribution in [0.3, 0.4) is 0 Å². The van der Waals surface area contributed by atoms with Gasteiger partial charge in [0.2, 0.25) is 10.0 Å². The molecule has 132 valence electrons. The largest absolute Gasteiger partial charge is 0.289 e. The third-order valence-corrected chi connectivity index (χ3v) is 5.41. The first-order chi connectivity index (χ1) is 11.2. The molecule has 0 aliphatic rings. The van der Waals surface area contributed by atoms with Gasteiger partial charge in [0.05, 0.1) is 4.92 Å². The molecule has 0 amide bonds. The van der Waals surface area contributed by atoms with Gasteiger partial charge in [0, 0.05) is 19.7 Å². The monoisotopic (exact) mass is 352 g/mol. The summed E-state index contributed by atoms with van der Waals surface area (Å²) in [6.45, 7) is 6.19. The van der Waals surface area contributed by atoms with Gasteiger partial charge in [-0.2, -0.15) is 4.31 Å². The summed E-state index contributed by atoms with van der Waals surface area (Å²) >= 11 is 0. The van der Waals surface area contributed by atoms with Crippen LogP contribution in [0.2, 0.25) is 0 Å². The molecule has 0 N–H and O–H groups in total. The Balaban J connectivity index is 2.89. The minimum atomic E-state index is -3.91. The van der Waals surface area contributed by atoms with Gasteiger partial charge in [-0.1, -0.05) is 35.4 Å². The third kappa shape index (κ3) is 5.58. The number of nitro benzene ring substituents is 1. The van der Waals surface area contributed by atoms with E-state index >= 15 is 0 Å². The van der Waals surface area contributed by atoms with E-state index in [1.54, 1.807) is 0 Å². The Kier molecular flexibility index (Phi) is 7.31. The van der Waals surface area contributed by atoms with E-state index < -0.39 is 20.6 Å². The molecule has 0 spiro atoms. The predicted octanol–water partition coefficient (Wildman–Crippen LogP) is 3.91. The van der Waals surface area contributed by atoms with E-state index in [0.717, 1.165) is 22.7 Å². The lowest BCUT2D eigenvalue weighted by Gasteiger charge is -2.15. The zero-order chi connectivity index (χ0) is 18.3. The minimum Gasteiger partial charge on any atom is -0.258 e. The average Bonchev–Trinajstić information content (AvgIpc) is 2.52. The molecule has 0 aromatic heterocycles. The van der Waals surface area contributed by atoms with Gasteiger partial charge in [-0.25, -0.2) is 8.42 Å². The summed E-state index contributed by atoms with van der Waals surface area (Å²) in [4.78, 5) is 10.1. The van der Waals surface area contributed by atoms with E-state index in [1.165, 1.54) is 36.9 Å². The molecule has 0 aliphatic heterocycles. The molecule has 1 aromatic carbocycles. The van der Waals surface area contributed by atoms with Crippen molar-refractivity contribution in [2.75, 3.05) is 13.6 Å². The number of nitro groups is 1. The zero-order valence-corrected chi connectivity index (χ0v) is 15.3. The number of sulfonamides is 1. The molecule has 1 rings (SSSR count). The van der Waals surface area contributed by atoms with Crippen LogP contribution in [0.4, 0.5) is 5.69 Å². The van der Waals surface area contributed by atoms with Crippen molar-refractivity contribution in [3.63, 3.8) is 0 Å². The van der Waals surface area contributed by atoms with Crippen LogP contribution in [0.1, 0.15) is 33.6 Å². The molecule has 6 nitrogen and oxygen atoms in total. The normalized spacial score (nSPS) is 12.3. The summed E-state index contributed by atoms with van der Waals surface area (Å²) in [5.74, 6) is 0. The highest BCUT2D eigenvalue weighted by atomic mass is 32.2. The Morgan fingerprint density at radius 2 is 1.83 bits per heavy atom. The summed E-state index contributed by atoms with van der Waals surface area (Å²) in [7, 11) is -2.49. The SMILES string of the molecule is CC(C)=CCC/C(C)=C/CN(C)S(=O)(=O)c1ccccc1[N+](=O)[O-]. The van der Waals surface area contributed by atoms with Gasteiger partial charge in [-0.15, -0.1) is 0 Å². The van der Waals surface area contributed by atoms with Crippen LogP contribution in [-0.4, -0.2) is 31.2 Å². The highest BCUT2D eigenvalue weighted by Crippen LogP contribution is 2.25. The molecule has 0 heterocycles. The summed E-state index contributed by atoms with van der Waals surface area (Å²) in [5, 5.41) is 11.0. The fraction of sp³-hybridized carbons (Fsp3) is 0.412. The molecule has 0 fully saturated rings. The third-order valence-electron chi connectivity index (χ3n) is 3.54. The highest BCUT2D eigenvalue weighted by Gasteiger charge is 2.28. The van der Waals surface area contributed by atoms with Crippen molar-refractivity contribution >= 4 is 15.7 Å². The van der Waals surface area contributed by atoms with E-state index in [9.17, 15) is 18.5 Å². The van der Waals surface area contributed by atoms with Crippen molar-refractivity contribution in [3.8, 4) is 0 Å². The van der Waals surface area contributed by atoms with Crippen LogP contribution < -0.4 is 0 Å². The Morgan fingerprint density at radius 3 is 2.42 bits per heavy atom. The molecular formula is C17H24N2O4S. The summed E-state index contributed by atoms with van der Waals surface area (Å²) in [6, 6.07) is 5.38. The number of hydrogen-bond acceptors (Lipinski definition) is 4. The maximum atomic E-state index is 12.6. The van der Waals surface area contributed by atoms with Crippen LogP contribution >= 0.6 is 0 Å². The van der Waals surface area contributed by atoms with Crippen molar-refractivity contribution in [2.24, 2.45) is 0 Å². The van der Waals surface area contributed by atoms with E-state index in [2.05, 4.69) is 6.08 Å². The van der Waals surface area contributed by atoms with Crippen LogP contribution in [0.15, 0.2) is 52.5 Å². The average molecular weight is 352 g/mol. The molecule has 0 saturated carbocycles. The van der Waals surface area contributed by atoms with Crippen LogP contribution in [-0.2, 0) is 10.0 Å². The lowest BCUT2D eigenvalue weighted by molar-refractivity contribution is -0.387. The maximum Gasteiger partial charge on any atom is 0.289 e. The lowest BCUT2D eigenvalue weighted by Crippen LogP contribution is -2.27. The highest BCUT2D eigenvalue weighted by molar-refractivity contribution is 7.89. The molecule has 0 bridgehead atoms. The Hall–Kier alpha value is -1.99. The van der Waals surface area contributed by atoms with Gasteiger partial charge < -0.3 is 0 Å². The zero-order valence-electron chi connectivity index (χ0n) is 14.5. The Morgan fingerprint density at radius 1 is 1.21 bits per heavy atom. The first kappa shape index (κ1) is 20.1. The van der Waals surface area contributed by atoms with E-state index in [-0.39, 0.29) is 11.4 Å². The maximum absolute atomic E-state index is 12.6. The van der Waals surface area contributed by atoms with Crippen molar-refractivity contribution in [1.29, 1.82) is 0 Å². The second kappa shape index (κ2) is 8.75. The topological polar surface area (TPSA) is 80.5 Å². The van der Waals surface area contributed by atoms with Crippen LogP contribution in [0, 0.1) is 10.1 Å². The molecule has 0 radical (unpaired) electrons. The standard InChI is InChI=1S/C17H24N2O4S/c1-14(2)8-7-9-15(3)12-13-18(4)24(22,23)17-11-6-5-10-16(17)19(20)21/h5-6,8,10-12H,7,9,13H2,1-4H3/b15-12+. The Bertz CT molecular complexity index is 748. The fourth-order valence-corrected chi connectivity index (χ4v) is 3.33. The van der Waals surface area contributed by atoms with E-state index in [1.807, 2.05) is 26.8 Å². The van der Waals surface area contributed by atoms with Gasteiger partial charge in [0.15, 0.2) is 4.90 Å². The quantitative estimate of drug-likeness (QED) is 0.403. The molecule has 7 heteroatoms. The number of allylic oxidation sites excluding steroid dienone is 3. The van der Waals surface area contributed by atoms with Crippen molar-refractivity contribution in [1.82, 2.24) is 4.31 Å². The molecule has 0 unspecified atom stereocenters. The molecule has 1 aromatic rings. The first-order valence-electron chi connectivity index (χ1n) is 7.65. The number of likely N-dealkylation sites (N-methyl/N-ethyl adjacent to an activating group) is 1. The van der Waals surface area contributed by atoms with Gasteiger partial charge >= 0.3 is 0 Å². The van der Waals surface area contributed by atoms with Crippen molar-refractivity contribution < 1.29 is 13.3 Å². The van der Waals surface area contributed by atoms with Gasteiger partial charge in [-0.3, -0.25) is 10.1 Å². The summed E-state index contributed by atoms with van der Waals surface area (Å²) in [6.07, 6.45) is 5.73. The molecule has 0 aliphatic carbocycles. The number of benzene rings is 1. The molecular weight excluding hydrogens is 328 g/mol. The predicted molar refractivity (Wildman–Crippen MR) is 95.3 cm³/mol. The molecule has 0 saturated heterocycles. The van der Waals surface area contributed by atoms with Gasteiger partial charge in [0.25, 0.3) is 5.69 Å². The van der Waals surface area contributed by atoms with Crippen molar-refractivity contribution in [3.05, 3.63) is 57.7 Å². The van der Waals surface area contributed by atoms with Gasteiger partial charge in [-0.05, 0) is 39.7 Å². The summed E-state index contributed by atoms with van der Waals surface area (Å²) < 4.78 is 26.2. The second-order valence-corrected chi connectivity index (χ2v) is 7.89. The Labute approximate surface area is 143 Å². The first-order valence-corrected chi connectivity index (χ1v) is 9.09. The fourth-order valence-electron chi connectivity index (χ4n) is 2.07. The molecule has 24 heavy (non-hydrogen) atoms. The lowest BCUT2D eigenvalue weighted by atomic mass is 10.1. The number of para-hydroxylation sites is 1. The number of rotatable bonds is 8. The second-order valence-electron chi connectivity index (χ2n) is 5.88. The number of nitrogens with zero attached hydrogens (tertiary/aromatic N) is 2. The van der Waals surface area contributed by atoms with E-state index in [4.69, 9.17) is 0 Å². The van der Waals surface area contributed by atoms with E-state index in [0.29, 0.717) is 0 Å². The van der Waals surface area contributed by atoms with Crippen LogP contribution in [0.25, 0.3) is 0 Å². The smallest absolute Gasteiger partial charge is 0.258 e.